The van der Waals surface area contributed by atoms with E-state index < -0.39 is 21.9 Å². The first-order valence-electron chi connectivity index (χ1n) is 14.4. The van der Waals surface area contributed by atoms with Crippen molar-refractivity contribution in [1.29, 1.82) is 0 Å². The molecular weight excluding hydrogens is 618 g/mol. The van der Waals surface area contributed by atoms with E-state index in [2.05, 4.69) is 22.3 Å². The summed E-state index contributed by atoms with van der Waals surface area (Å²) in [5.41, 5.74) is 4.56. The number of para-hydroxylation sites is 1. The highest BCUT2D eigenvalue weighted by Crippen LogP contribution is 2.38. The van der Waals surface area contributed by atoms with Crippen molar-refractivity contribution in [3.05, 3.63) is 112 Å². The van der Waals surface area contributed by atoms with Crippen LogP contribution in [0.25, 0.3) is 0 Å². The number of esters is 1. The maximum atomic E-state index is 13.5. The third kappa shape index (κ3) is 6.39. The second-order valence-electron chi connectivity index (χ2n) is 10.7. The van der Waals surface area contributed by atoms with E-state index in [0.29, 0.717) is 41.3 Å². The molecule has 0 spiro atoms. The molecule has 0 unspecified atom stereocenters. The van der Waals surface area contributed by atoms with Gasteiger partial charge >= 0.3 is 5.97 Å². The van der Waals surface area contributed by atoms with Gasteiger partial charge in [-0.1, -0.05) is 48.5 Å². The van der Waals surface area contributed by atoms with E-state index in [4.69, 9.17) is 4.74 Å². The minimum absolute atomic E-state index is 0. The molecule has 3 heterocycles. The van der Waals surface area contributed by atoms with Crippen molar-refractivity contribution in [2.45, 2.75) is 44.2 Å². The summed E-state index contributed by atoms with van der Waals surface area (Å²) in [5.74, 6) is -0.868. The third-order valence-electron chi connectivity index (χ3n) is 7.86. The summed E-state index contributed by atoms with van der Waals surface area (Å²) >= 11 is 1.40. The largest absolute Gasteiger partial charge is 0.462 e. The van der Waals surface area contributed by atoms with Crippen molar-refractivity contribution in [3.63, 3.8) is 0 Å². The number of anilines is 2. The Morgan fingerprint density at radius 2 is 1.66 bits per heavy atom. The average molecular weight is 652 g/mol. The third-order valence-corrected chi connectivity index (χ3v) is 10.8. The molecular formula is C33H34ClN3O5S2. The van der Waals surface area contributed by atoms with Crippen molar-refractivity contribution < 1.29 is 22.7 Å². The first-order chi connectivity index (χ1) is 20.8. The molecule has 2 aliphatic heterocycles. The van der Waals surface area contributed by atoms with Crippen LogP contribution in [0.5, 0.6) is 0 Å². The Hall–Kier alpha value is -3.70. The van der Waals surface area contributed by atoms with Crippen molar-refractivity contribution in [2.75, 3.05) is 29.3 Å². The predicted molar refractivity (Wildman–Crippen MR) is 175 cm³/mol. The number of carbonyl (C=O) groups is 2. The summed E-state index contributed by atoms with van der Waals surface area (Å²) in [6.07, 6.45) is 2.26. The average Bonchev–Trinajstić information content (AvgIpc) is 3.38. The number of benzene rings is 3. The van der Waals surface area contributed by atoms with Gasteiger partial charge in [-0.05, 0) is 73.2 Å². The lowest BCUT2D eigenvalue weighted by molar-refractivity contribution is 0.0526. The Kier molecular flexibility index (Phi) is 9.75. The standard InChI is InChI=1S/C33H33N3O5S2.ClH/c1-2-41-33(38)30-27-18-20-35(21-23-9-4-3-5-10-23)22-29(27)42-32(30)34-31(37)25-14-16-26(17-15-25)43(39,40)36-19-8-12-24-11-6-7-13-28(24)36;/h3-7,9-11,13-17H,2,8,12,18-22H2,1H3,(H,34,37);1H. The summed E-state index contributed by atoms with van der Waals surface area (Å²) in [7, 11) is -3.79. The van der Waals surface area contributed by atoms with Gasteiger partial charge < -0.3 is 10.1 Å². The fourth-order valence-electron chi connectivity index (χ4n) is 5.77. The van der Waals surface area contributed by atoms with Gasteiger partial charge in [-0.3, -0.25) is 14.0 Å². The van der Waals surface area contributed by atoms with E-state index in [-0.39, 0.29) is 23.9 Å². The van der Waals surface area contributed by atoms with Crippen LogP contribution in [0.3, 0.4) is 0 Å². The fourth-order valence-corrected chi connectivity index (χ4v) is 8.58. The molecule has 1 N–H and O–H groups in total. The zero-order valence-electron chi connectivity index (χ0n) is 24.3. The molecule has 0 radical (unpaired) electrons. The maximum Gasteiger partial charge on any atom is 0.341 e. The molecule has 0 saturated carbocycles. The second-order valence-corrected chi connectivity index (χ2v) is 13.6. The number of fused-ring (bicyclic) bond motifs is 2. The van der Waals surface area contributed by atoms with Gasteiger partial charge in [0, 0.05) is 36.6 Å². The van der Waals surface area contributed by atoms with Crippen LogP contribution in [-0.4, -0.2) is 44.9 Å². The molecule has 1 amide bonds. The second kappa shape index (κ2) is 13.5. The molecule has 0 aliphatic carbocycles. The number of hydrogen-bond donors (Lipinski definition) is 1. The van der Waals surface area contributed by atoms with E-state index >= 15 is 0 Å². The number of halogens is 1. The van der Waals surface area contributed by atoms with Gasteiger partial charge in [0.05, 0.1) is 22.8 Å². The first-order valence-corrected chi connectivity index (χ1v) is 16.7. The lowest BCUT2D eigenvalue weighted by atomic mass is 10.0. The Labute approximate surface area is 268 Å². The highest BCUT2D eigenvalue weighted by molar-refractivity contribution is 7.92. The van der Waals surface area contributed by atoms with Crippen molar-refractivity contribution in [2.24, 2.45) is 0 Å². The first kappa shape index (κ1) is 31.7. The lowest BCUT2D eigenvalue weighted by Gasteiger charge is -2.30. The molecule has 0 atom stereocenters. The van der Waals surface area contributed by atoms with Gasteiger partial charge in [0.15, 0.2) is 0 Å². The number of nitrogens with one attached hydrogen (secondary N) is 1. The number of rotatable bonds is 8. The SMILES string of the molecule is CCOC(=O)c1c(NC(=O)c2ccc(S(=O)(=O)N3CCCc4ccccc43)cc2)sc2c1CCN(Cc1ccccc1)C2.Cl. The molecule has 3 aromatic carbocycles. The highest BCUT2D eigenvalue weighted by Gasteiger charge is 2.31. The molecule has 8 nitrogen and oxygen atoms in total. The molecule has 11 heteroatoms. The van der Waals surface area contributed by atoms with Crippen LogP contribution in [0.15, 0.2) is 83.8 Å². The Morgan fingerprint density at radius 1 is 0.932 bits per heavy atom. The predicted octanol–water partition coefficient (Wildman–Crippen LogP) is 6.30. The Bertz CT molecular complexity index is 1760. The maximum absolute atomic E-state index is 13.5. The number of amides is 1. The van der Waals surface area contributed by atoms with Crippen molar-refractivity contribution in [3.8, 4) is 0 Å². The van der Waals surface area contributed by atoms with Gasteiger partial charge in [0.25, 0.3) is 15.9 Å². The smallest absolute Gasteiger partial charge is 0.341 e. The number of aryl methyl sites for hydroxylation is 1. The van der Waals surface area contributed by atoms with E-state index in [0.717, 1.165) is 41.9 Å². The number of sulfonamides is 1. The minimum atomic E-state index is -3.79. The zero-order chi connectivity index (χ0) is 30.0. The van der Waals surface area contributed by atoms with Crippen molar-refractivity contribution >= 4 is 56.3 Å². The monoisotopic (exact) mass is 651 g/mol. The minimum Gasteiger partial charge on any atom is -0.462 e. The van der Waals surface area contributed by atoms with Crippen LogP contribution < -0.4 is 9.62 Å². The van der Waals surface area contributed by atoms with Crippen LogP contribution >= 0.6 is 23.7 Å². The summed E-state index contributed by atoms with van der Waals surface area (Å²) < 4.78 is 33.9. The Morgan fingerprint density at radius 3 is 2.41 bits per heavy atom. The quantitative estimate of drug-likeness (QED) is 0.225. The molecule has 0 saturated heterocycles. The highest BCUT2D eigenvalue weighted by atomic mass is 35.5. The topological polar surface area (TPSA) is 96.0 Å². The van der Waals surface area contributed by atoms with E-state index in [1.807, 2.05) is 42.5 Å². The number of hydrogen-bond acceptors (Lipinski definition) is 7. The fraction of sp³-hybridized carbons (Fsp3) is 0.273. The number of nitrogens with zero attached hydrogens (tertiary/aromatic N) is 2. The number of carbonyl (C=O) groups excluding carboxylic acids is 2. The number of thiophene rings is 1. The summed E-state index contributed by atoms with van der Waals surface area (Å²) in [6.45, 7) is 4.65. The van der Waals surface area contributed by atoms with Gasteiger partial charge in [-0.2, -0.15) is 0 Å². The lowest BCUT2D eigenvalue weighted by Crippen LogP contribution is -2.35. The van der Waals surface area contributed by atoms with E-state index in [1.54, 1.807) is 6.92 Å². The summed E-state index contributed by atoms with van der Waals surface area (Å²) in [4.78, 5) is 29.9. The van der Waals surface area contributed by atoms with Gasteiger partial charge in [0.1, 0.15) is 5.00 Å². The molecule has 1 aromatic heterocycles. The zero-order valence-corrected chi connectivity index (χ0v) is 26.8. The summed E-state index contributed by atoms with van der Waals surface area (Å²) in [6, 6.07) is 23.7. The van der Waals surface area contributed by atoms with Crippen molar-refractivity contribution in [1.82, 2.24) is 4.90 Å². The van der Waals surface area contributed by atoms with Crippen LogP contribution in [0.2, 0.25) is 0 Å². The molecule has 44 heavy (non-hydrogen) atoms. The van der Waals surface area contributed by atoms with E-state index in [9.17, 15) is 18.0 Å². The molecule has 0 bridgehead atoms. The molecule has 6 rings (SSSR count). The van der Waals surface area contributed by atoms with Gasteiger partial charge in [-0.15, -0.1) is 23.7 Å². The number of ether oxygens (including phenoxy) is 1. The Balaban J connectivity index is 0.00000384. The molecule has 0 fully saturated rings. The van der Waals surface area contributed by atoms with Gasteiger partial charge in [-0.25, -0.2) is 13.2 Å². The molecule has 230 valence electrons. The normalized spacial score (nSPS) is 14.6. The summed E-state index contributed by atoms with van der Waals surface area (Å²) in [5, 5.41) is 3.38. The molecule has 2 aliphatic rings. The molecule has 4 aromatic rings. The van der Waals surface area contributed by atoms with Gasteiger partial charge in [0.2, 0.25) is 0 Å². The van der Waals surface area contributed by atoms with E-state index in [1.165, 1.54) is 45.5 Å². The van der Waals surface area contributed by atoms with Crippen LogP contribution in [0.1, 0.15) is 55.6 Å². The van der Waals surface area contributed by atoms with Crippen LogP contribution in [0, 0.1) is 0 Å². The van der Waals surface area contributed by atoms with Crippen LogP contribution in [0.4, 0.5) is 10.7 Å². The van der Waals surface area contributed by atoms with Crippen LogP contribution in [-0.2, 0) is 40.7 Å².